The summed E-state index contributed by atoms with van der Waals surface area (Å²) in [4.78, 5) is 10.7. The summed E-state index contributed by atoms with van der Waals surface area (Å²) in [7, 11) is 0. The van der Waals surface area contributed by atoms with Gasteiger partial charge in [-0.3, -0.25) is 0 Å². The van der Waals surface area contributed by atoms with Crippen LogP contribution in [0.4, 0.5) is 0 Å². The molecule has 2 aromatic rings. The van der Waals surface area contributed by atoms with Crippen LogP contribution in [0.5, 0.6) is 5.75 Å². The number of aliphatic hydroxyl groups is 1. The standard InChI is InChI=1S/C18H18O4.C2H6/c1-12-8-15(10-16(19)18(20)21)9-13(2)17(12)22-11-14-6-4-3-5-7-14;1-2/h3-10,19H,11H2,1-2H3,(H,20,21);1-2H3/b16-10+;. The molecule has 0 heterocycles. The number of benzene rings is 2. The van der Waals surface area contributed by atoms with E-state index in [2.05, 4.69) is 0 Å². The Hall–Kier alpha value is -2.75. The van der Waals surface area contributed by atoms with Crippen LogP contribution in [-0.2, 0) is 11.4 Å². The third kappa shape index (κ3) is 5.47. The molecule has 0 aliphatic heterocycles. The number of carboxylic acid groups (broad SMARTS) is 1. The summed E-state index contributed by atoms with van der Waals surface area (Å²) in [5, 5.41) is 18.0. The first-order chi connectivity index (χ1) is 11.5. The van der Waals surface area contributed by atoms with Crippen molar-refractivity contribution in [3.8, 4) is 5.75 Å². The van der Waals surface area contributed by atoms with Gasteiger partial charge in [0.1, 0.15) is 12.4 Å². The lowest BCUT2D eigenvalue weighted by molar-refractivity contribution is -0.135. The molecule has 0 fully saturated rings. The van der Waals surface area contributed by atoms with E-state index in [1.54, 1.807) is 12.1 Å². The molecule has 0 atom stereocenters. The van der Waals surface area contributed by atoms with Crippen molar-refractivity contribution in [2.24, 2.45) is 0 Å². The quantitative estimate of drug-likeness (QED) is 0.605. The van der Waals surface area contributed by atoms with E-state index >= 15 is 0 Å². The molecule has 2 N–H and O–H groups in total. The van der Waals surface area contributed by atoms with Crippen LogP contribution >= 0.6 is 0 Å². The van der Waals surface area contributed by atoms with Gasteiger partial charge in [-0.2, -0.15) is 0 Å². The fourth-order valence-electron chi connectivity index (χ4n) is 2.24. The summed E-state index contributed by atoms with van der Waals surface area (Å²) < 4.78 is 5.86. The Morgan fingerprint density at radius 1 is 1.04 bits per heavy atom. The van der Waals surface area contributed by atoms with Crippen LogP contribution in [0.15, 0.2) is 48.2 Å². The van der Waals surface area contributed by atoms with Crippen molar-refractivity contribution < 1.29 is 19.7 Å². The van der Waals surface area contributed by atoms with E-state index in [4.69, 9.17) is 9.84 Å². The fourth-order valence-corrected chi connectivity index (χ4v) is 2.24. The van der Waals surface area contributed by atoms with Gasteiger partial charge in [-0.15, -0.1) is 0 Å². The van der Waals surface area contributed by atoms with E-state index in [1.807, 2.05) is 58.0 Å². The molecule has 4 heteroatoms. The summed E-state index contributed by atoms with van der Waals surface area (Å²) in [6.07, 6.45) is 1.23. The number of aliphatic hydroxyl groups excluding tert-OH is 1. The molecule has 0 amide bonds. The van der Waals surface area contributed by atoms with Gasteiger partial charge in [-0.05, 0) is 54.3 Å². The molecule has 128 valence electrons. The van der Waals surface area contributed by atoms with Crippen LogP contribution in [0, 0.1) is 13.8 Å². The van der Waals surface area contributed by atoms with Crippen molar-refractivity contribution in [3.05, 3.63) is 70.5 Å². The number of carboxylic acids is 1. The maximum Gasteiger partial charge on any atom is 0.370 e. The minimum atomic E-state index is -1.35. The Labute approximate surface area is 143 Å². The zero-order valence-corrected chi connectivity index (χ0v) is 14.5. The highest BCUT2D eigenvalue weighted by atomic mass is 16.5. The first-order valence-electron chi connectivity index (χ1n) is 7.89. The summed E-state index contributed by atoms with van der Waals surface area (Å²) >= 11 is 0. The number of aliphatic carboxylic acids is 1. The van der Waals surface area contributed by atoms with Crippen LogP contribution in [0.2, 0.25) is 0 Å². The summed E-state index contributed by atoms with van der Waals surface area (Å²) in [6.45, 7) is 8.25. The minimum absolute atomic E-state index is 0.470. The number of carbonyl (C=O) groups is 1. The number of aryl methyl sites for hydroxylation is 2. The van der Waals surface area contributed by atoms with Gasteiger partial charge in [0.15, 0.2) is 0 Å². The monoisotopic (exact) mass is 328 g/mol. The van der Waals surface area contributed by atoms with Gasteiger partial charge in [-0.1, -0.05) is 44.2 Å². The van der Waals surface area contributed by atoms with E-state index in [0.29, 0.717) is 12.2 Å². The lowest BCUT2D eigenvalue weighted by Gasteiger charge is -2.13. The largest absolute Gasteiger partial charge is 0.502 e. The number of rotatable bonds is 5. The zero-order valence-electron chi connectivity index (χ0n) is 14.5. The van der Waals surface area contributed by atoms with Gasteiger partial charge in [0, 0.05) is 0 Å². The van der Waals surface area contributed by atoms with Crippen LogP contribution < -0.4 is 4.74 Å². The Morgan fingerprint density at radius 2 is 1.58 bits per heavy atom. The van der Waals surface area contributed by atoms with E-state index in [0.717, 1.165) is 22.4 Å². The second kappa shape index (κ2) is 9.40. The van der Waals surface area contributed by atoms with Crippen LogP contribution in [0.3, 0.4) is 0 Å². The van der Waals surface area contributed by atoms with Crippen molar-refractivity contribution in [3.63, 3.8) is 0 Å². The molecular formula is C20H24O4. The van der Waals surface area contributed by atoms with Crippen molar-refractivity contribution in [2.45, 2.75) is 34.3 Å². The van der Waals surface area contributed by atoms with Crippen LogP contribution in [0.1, 0.15) is 36.1 Å². The molecule has 2 aromatic carbocycles. The highest BCUT2D eigenvalue weighted by Gasteiger charge is 2.09. The molecule has 4 nitrogen and oxygen atoms in total. The van der Waals surface area contributed by atoms with Gasteiger partial charge in [-0.25, -0.2) is 4.79 Å². The number of ether oxygens (including phenoxy) is 1. The third-order valence-corrected chi connectivity index (χ3v) is 3.23. The number of hydrogen-bond donors (Lipinski definition) is 2. The van der Waals surface area contributed by atoms with Gasteiger partial charge in [0.25, 0.3) is 0 Å². The molecule has 0 aliphatic carbocycles. The van der Waals surface area contributed by atoms with Gasteiger partial charge in [0.05, 0.1) is 0 Å². The molecule has 0 bridgehead atoms. The highest BCUT2D eigenvalue weighted by molar-refractivity contribution is 5.89. The average molecular weight is 328 g/mol. The number of hydrogen-bond acceptors (Lipinski definition) is 3. The Balaban J connectivity index is 0.00000139. The van der Waals surface area contributed by atoms with Crippen molar-refractivity contribution in [1.29, 1.82) is 0 Å². The highest BCUT2D eigenvalue weighted by Crippen LogP contribution is 2.26. The van der Waals surface area contributed by atoms with E-state index in [1.165, 1.54) is 6.08 Å². The van der Waals surface area contributed by atoms with Crippen molar-refractivity contribution >= 4 is 12.0 Å². The normalized spacial score (nSPS) is 10.6. The summed E-state index contributed by atoms with van der Waals surface area (Å²) in [5.74, 6) is -1.26. The molecule has 0 saturated heterocycles. The molecule has 0 unspecified atom stereocenters. The Morgan fingerprint density at radius 3 is 2.08 bits per heavy atom. The lowest BCUT2D eigenvalue weighted by atomic mass is 10.0. The third-order valence-electron chi connectivity index (χ3n) is 3.23. The molecule has 0 saturated carbocycles. The van der Waals surface area contributed by atoms with E-state index in [-0.39, 0.29) is 0 Å². The molecule has 0 aromatic heterocycles. The Bertz CT molecular complexity index is 680. The average Bonchev–Trinajstić information content (AvgIpc) is 2.56. The molecule has 24 heavy (non-hydrogen) atoms. The second-order valence-electron chi connectivity index (χ2n) is 5.09. The van der Waals surface area contributed by atoms with Crippen molar-refractivity contribution in [1.82, 2.24) is 0 Å². The van der Waals surface area contributed by atoms with Gasteiger partial charge in [0.2, 0.25) is 5.76 Å². The maximum absolute atomic E-state index is 10.7. The van der Waals surface area contributed by atoms with E-state index in [9.17, 15) is 9.90 Å². The predicted molar refractivity (Wildman–Crippen MR) is 96.3 cm³/mol. The molecule has 0 aliphatic rings. The van der Waals surface area contributed by atoms with E-state index < -0.39 is 11.7 Å². The fraction of sp³-hybridized carbons (Fsp3) is 0.250. The molecule has 0 spiro atoms. The first kappa shape index (κ1) is 19.3. The topological polar surface area (TPSA) is 66.8 Å². The SMILES string of the molecule is CC.Cc1cc(/C=C(/O)C(=O)O)cc(C)c1OCc1ccccc1. The Kier molecular flexibility index (Phi) is 7.56. The van der Waals surface area contributed by atoms with Crippen LogP contribution in [-0.4, -0.2) is 16.2 Å². The van der Waals surface area contributed by atoms with Crippen LogP contribution in [0.25, 0.3) is 6.08 Å². The smallest absolute Gasteiger partial charge is 0.370 e. The van der Waals surface area contributed by atoms with Gasteiger partial charge >= 0.3 is 5.97 Å². The summed E-state index contributed by atoms with van der Waals surface area (Å²) in [6, 6.07) is 13.4. The van der Waals surface area contributed by atoms with Gasteiger partial charge < -0.3 is 14.9 Å². The molecular weight excluding hydrogens is 304 g/mol. The lowest BCUT2D eigenvalue weighted by Crippen LogP contribution is -2.01. The minimum Gasteiger partial charge on any atom is -0.502 e. The van der Waals surface area contributed by atoms with Crippen molar-refractivity contribution in [2.75, 3.05) is 0 Å². The zero-order chi connectivity index (χ0) is 18.1. The second-order valence-corrected chi connectivity index (χ2v) is 5.09. The predicted octanol–water partition coefficient (Wildman–Crippen LogP) is 4.89. The molecule has 2 rings (SSSR count). The maximum atomic E-state index is 10.7. The first-order valence-corrected chi connectivity index (χ1v) is 7.89. The molecule has 0 radical (unpaired) electrons. The summed E-state index contributed by atoms with van der Waals surface area (Å²) in [5.41, 5.74) is 3.48.